The zero-order valence-corrected chi connectivity index (χ0v) is 15.2. The van der Waals surface area contributed by atoms with Crippen LogP contribution in [-0.2, 0) is 15.0 Å². The maximum Gasteiger partial charge on any atom is 0.229 e. The highest BCUT2D eigenvalue weighted by atomic mass is 16.3. The summed E-state index contributed by atoms with van der Waals surface area (Å²) in [5.74, 6) is -0.135. The molecule has 2 rings (SSSR count). The van der Waals surface area contributed by atoms with Gasteiger partial charge in [-0.15, -0.1) is 0 Å². The fraction of sp³-hybridized carbons (Fsp3) is 0.579. The summed E-state index contributed by atoms with van der Waals surface area (Å²) in [6.07, 6.45) is 0.234. The van der Waals surface area contributed by atoms with Gasteiger partial charge in [0.1, 0.15) is 5.75 Å². The van der Waals surface area contributed by atoms with E-state index < -0.39 is 0 Å². The monoisotopic (exact) mass is 332 g/mol. The molecule has 1 aliphatic rings. The Morgan fingerprint density at radius 2 is 2.04 bits per heavy atom. The molecule has 2 amide bonds. The van der Waals surface area contributed by atoms with Crippen LogP contribution in [0.3, 0.4) is 0 Å². The number of hydrogen-bond donors (Lipinski definition) is 2. The van der Waals surface area contributed by atoms with E-state index in [0.29, 0.717) is 24.7 Å². The minimum Gasteiger partial charge on any atom is -0.506 e. The molecule has 0 saturated carbocycles. The molecule has 0 spiro atoms. The summed E-state index contributed by atoms with van der Waals surface area (Å²) in [6, 6.07) is 5.26. The molecule has 5 heteroatoms. The Hall–Kier alpha value is -2.04. The first-order valence-electron chi connectivity index (χ1n) is 8.50. The Labute approximate surface area is 144 Å². The molecule has 1 aromatic carbocycles. The quantitative estimate of drug-likeness (QED) is 0.832. The molecule has 0 radical (unpaired) electrons. The van der Waals surface area contributed by atoms with E-state index in [1.807, 2.05) is 6.07 Å². The van der Waals surface area contributed by atoms with E-state index in [9.17, 15) is 14.7 Å². The average molecular weight is 332 g/mol. The van der Waals surface area contributed by atoms with E-state index in [1.54, 1.807) is 17.0 Å². The summed E-state index contributed by atoms with van der Waals surface area (Å²) in [5.41, 5.74) is 1.35. The normalized spacial score (nSPS) is 18.3. The van der Waals surface area contributed by atoms with Gasteiger partial charge in [0.25, 0.3) is 0 Å². The smallest absolute Gasteiger partial charge is 0.229 e. The zero-order valence-electron chi connectivity index (χ0n) is 15.2. The Morgan fingerprint density at radius 1 is 1.38 bits per heavy atom. The molecule has 1 unspecified atom stereocenters. The molecule has 0 aromatic heterocycles. The van der Waals surface area contributed by atoms with Crippen molar-refractivity contribution in [2.45, 2.75) is 46.5 Å². The number of amides is 2. The van der Waals surface area contributed by atoms with Crippen molar-refractivity contribution < 1.29 is 14.7 Å². The van der Waals surface area contributed by atoms with Gasteiger partial charge in [0.2, 0.25) is 11.8 Å². The highest BCUT2D eigenvalue weighted by Gasteiger charge is 2.34. The molecule has 0 bridgehead atoms. The summed E-state index contributed by atoms with van der Waals surface area (Å²) in [7, 11) is 0. The SMILES string of the molecule is CC(C)CN1CC(C(=O)Nc2cc(C(C)(C)C)ccc2O)CC1=O. The molecule has 0 aliphatic carbocycles. The summed E-state index contributed by atoms with van der Waals surface area (Å²) in [6.45, 7) is 11.4. The molecule has 24 heavy (non-hydrogen) atoms. The van der Waals surface area contributed by atoms with Crippen LogP contribution in [0.25, 0.3) is 0 Å². The molecule has 5 nitrogen and oxygen atoms in total. The number of nitrogens with zero attached hydrogens (tertiary/aromatic N) is 1. The fourth-order valence-electron chi connectivity index (χ4n) is 2.90. The van der Waals surface area contributed by atoms with Gasteiger partial charge in [-0.25, -0.2) is 0 Å². The molecule has 132 valence electrons. The zero-order chi connectivity index (χ0) is 18.1. The summed E-state index contributed by atoms with van der Waals surface area (Å²) in [5, 5.41) is 12.8. The van der Waals surface area contributed by atoms with Gasteiger partial charge < -0.3 is 15.3 Å². The average Bonchev–Trinajstić information content (AvgIpc) is 2.80. The lowest BCUT2D eigenvalue weighted by Crippen LogP contribution is -2.31. The van der Waals surface area contributed by atoms with Crippen molar-refractivity contribution in [3.05, 3.63) is 23.8 Å². The van der Waals surface area contributed by atoms with E-state index >= 15 is 0 Å². The Bertz CT molecular complexity index is 632. The molecule has 1 atom stereocenters. The molecule has 1 saturated heterocycles. The fourth-order valence-corrected chi connectivity index (χ4v) is 2.90. The summed E-state index contributed by atoms with van der Waals surface area (Å²) < 4.78 is 0. The minimum absolute atomic E-state index is 0.0246. The number of likely N-dealkylation sites (tertiary alicyclic amines) is 1. The second-order valence-electron chi connectivity index (χ2n) is 8.06. The number of phenolic OH excluding ortho intramolecular Hbond substituents is 1. The second kappa shape index (κ2) is 6.83. The van der Waals surface area contributed by atoms with Crippen molar-refractivity contribution in [3.8, 4) is 5.75 Å². The molecule has 1 heterocycles. The van der Waals surface area contributed by atoms with Crippen molar-refractivity contribution in [1.82, 2.24) is 4.90 Å². The summed E-state index contributed by atoms with van der Waals surface area (Å²) >= 11 is 0. The van der Waals surface area contributed by atoms with E-state index in [-0.39, 0.29) is 35.3 Å². The van der Waals surface area contributed by atoms with Crippen LogP contribution in [0, 0.1) is 11.8 Å². The number of hydrogen-bond acceptors (Lipinski definition) is 3. The van der Waals surface area contributed by atoms with Gasteiger partial charge in [-0.05, 0) is 29.0 Å². The van der Waals surface area contributed by atoms with Crippen LogP contribution >= 0.6 is 0 Å². The van der Waals surface area contributed by atoms with Gasteiger partial charge in [0.05, 0.1) is 11.6 Å². The summed E-state index contributed by atoms with van der Waals surface area (Å²) in [4.78, 5) is 26.3. The number of aromatic hydroxyl groups is 1. The molecular weight excluding hydrogens is 304 g/mol. The van der Waals surface area contributed by atoms with Gasteiger partial charge in [-0.3, -0.25) is 9.59 Å². The maximum absolute atomic E-state index is 12.5. The van der Waals surface area contributed by atoms with Crippen LogP contribution < -0.4 is 5.32 Å². The van der Waals surface area contributed by atoms with Crippen molar-refractivity contribution in [3.63, 3.8) is 0 Å². The number of carbonyl (C=O) groups excluding carboxylic acids is 2. The number of carbonyl (C=O) groups is 2. The Balaban J connectivity index is 2.09. The van der Waals surface area contributed by atoms with Crippen LogP contribution in [-0.4, -0.2) is 34.9 Å². The minimum atomic E-state index is -0.367. The Kier molecular flexibility index (Phi) is 5.21. The van der Waals surface area contributed by atoms with Gasteiger partial charge in [0, 0.05) is 19.5 Å². The van der Waals surface area contributed by atoms with E-state index in [0.717, 1.165) is 5.56 Å². The van der Waals surface area contributed by atoms with E-state index in [2.05, 4.69) is 39.9 Å². The van der Waals surface area contributed by atoms with Crippen LogP contribution in [0.1, 0.15) is 46.6 Å². The van der Waals surface area contributed by atoms with Crippen LogP contribution in [0.5, 0.6) is 5.75 Å². The number of rotatable bonds is 4. The predicted octanol–water partition coefficient (Wildman–Crippen LogP) is 3.13. The molecule has 1 aliphatic heterocycles. The number of phenols is 1. The van der Waals surface area contributed by atoms with Crippen LogP contribution in [0.2, 0.25) is 0 Å². The Morgan fingerprint density at radius 3 is 2.62 bits per heavy atom. The second-order valence-corrected chi connectivity index (χ2v) is 8.06. The van der Waals surface area contributed by atoms with Crippen molar-refractivity contribution in [2.24, 2.45) is 11.8 Å². The third kappa shape index (κ3) is 4.28. The third-order valence-electron chi connectivity index (χ3n) is 4.29. The molecule has 1 fully saturated rings. The van der Waals surface area contributed by atoms with E-state index in [1.165, 1.54) is 0 Å². The lowest BCUT2D eigenvalue weighted by atomic mass is 9.87. The van der Waals surface area contributed by atoms with Gasteiger partial charge in [0.15, 0.2) is 0 Å². The third-order valence-corrected chi connectivity index (χ3v) is 4.29. The molecule has 2 N–H and O–H groups in total. The first-order valence-corrected chi connectivity index (χ1v) is 8.50. The maximum atomic E-state index is 12.5. The van der Waals surface area contributed by atoms with Gasteiger partial charge in [-0.1, -0.05) is 40.7 Å². The van der Waals surface area contributed by atoms with Crippen molar-refractivity contribution >= 4 is 17.5 Å². The predicted molar refractivity (Wildman–Crippen MR) is 95.0 cm³/mol. The first kappa shape index (κ1) is 18.3. The lowest BCUT2D eigenvalue weighted by molar-refractivity contribution is -0.128. The number of nitrogens with one attached hydrogen (secondary N) is 1. The number of anilines is 1. The van der Waals surface area contributed by atoms with Gasteiger partial charge in [-0.2, -0.15) is 0 Å². The van der Waals surface area contributed by atoms with Crippen molar-refractivity contribution in [2.75, 3.05) is 18.4 Å². The van der Waals surface area contributed by atoms with Crippen LogP contribution in [0.15, 0.2) is 18.2 Å². The molecular formula is C19H28N2O3. The van der Waals surface area contributed by atoms with Crippen molar-refractivity contribution in [1.29, 1.82) is 0 Å². The van der Waals surface area contributed by atoms with Crippen LogP contribution in [0.4, 0.5) is 5.69 Å². The lowest BCUT2D eigenvalue weighted by Gasteiger charge is -2.21. The molecule has 1 aromatic rings. The van der Waals surface area contributed by atoms with Gasteiger partial charge >= 0.3 is 0 Å². The number of benzene rings is 1. The topological polar surface area (TPSA) is 69.6 Å². The highest BCUT2D eigenvalue weighted by Crippen LogP contribution is 2.31. The first-order chi connectivity index (χ1) is 11.1. The standard InChI is InChI=1S/C19H28N2O3/c1-12(2)10-21-11-13(8-17(21)23)18(24)20-15-9-14(19(3,4)5)6-7-16(15)22/h6-7,9,12-13,22H,8,10-11H2,1-5H3,(H,20,24). The highest BCUT2D eigenvalue weighted by molar-refractivity contribution is 5.98. The van der Waals surface area contributed by atoms with E-state index in [4.69, 9.17) is 0 Å². The largest absolute Gasteiger partial charge is 0.506 e.